The zero-order chi connectivity index (χ0) is 21.3. The van der Waals surface area contributed by atoms with Crippen LogP contribution >= 0.6 is 11.6 Å². The van der Waals surface area contributed by atoms with Gasteiger partial charge in [-0.3, -0.25) is 14.5 Å². The lowest BCUT2D eigenvalue weighted by atomic mass is 9.90. The number of nitrogens with zero attached hydrogens (tertiary/aromatic N) is 2. The molecule has 0 N–H and O–H groups in total. The van der Waals surface area contributed by atoms with Gasteiger partial charge in [-0.1, -0.05) is 11.6 Å². The predicted molar refractivity (Wildman–Crippen MR) is 111 cm³/mol. The molecule has 4 rings (SSSR count). The first-order valence-corrected chi connectivity index (χ1v) is 10.6. The number of hydrogen-bond acceptors (Lipinski definition) is 3. The summed E-state index contributed by atoms with van der Waals surface area (Å²) in [4.78, 5) is 28.7. The van der Waals surface area contributed by atoms with Crippen LogP contribution < -0.4 is 4.90 Å². The lowest BCUT2D eigenvalue weighted by Crippen LogP contribution is -2.46. The molecule has 1 atom stereocenters. The molecule has 0 spiro atoms. The third kappa shape index (κ3) is 4.55. The summed E-state index contributed by atoms with van der Waals surface area (Å²) in [6, 6.07) is 9.92. The van der Waals surface area contributed by atoms with E-state index in [-0.39, 0.29) is 18.2 Å². The van der Waals surface area contributed by atoms with Crippen molar-refractivity contribution in [2.24, 2.45) is 5.92 Å². The van der Waals surface area contributed by atoms with Crippen LogP contribution in [0.4, 0.5) is 14.5 Å². The van der Waals surface area contributed by atoms with Gasteiger partial charge in [-0.2, -0.15) is 0 Å². The summed E-state index contributed by atoms with van der Waals surface area (Å²) in [6.45, 7) is 1.47. The third-order valence-corrected chi connectivity index (χ3v) is 6.31. The molecule has 7 heteroatoms. The second kappa shape index (κ2) is 8.82. The fraction of sp³-hybridized carbons (Fsp3) is 0.391. The number of hydrogen-bond donors (Lipinski definition) is 0. The first-order chi connectivity index (χ1) is 14.4. The largest absolute Gasteiger partial charge is 0.292 e. The zero-order valence-corrected chi connectivity index (χ0v) is 17.2. The highest BCUT2D eigenvalue weighted by molar-refractivity contribution is 6.30. The van der Waals surface area contributed by atoms with E-state index in [1.165, 1.54) is 17.0 Å². The Morgan fingerprint density at radius 1 is 0.967 bits per heavy atom. The van der Waals surface area contributed by atoms with Crippen molar-refractivity contribution in [2.45, 2.75) is 38.1 Å². The van der Waals surface area contributed by atoms with Gasteiger partial charge in [0.05, 0.1) is 18.2 Å². The van der Waals surface area contributed by atoms with E-state index in [4.69, 9.17) is 11.6 Å². The third-order valence-electron chi connectivity index (χ3n) is 6.06. The summed E-state index contributed by atoms with van der Waals surface area (Å²) >= 11 is 5.90. The van der Waals surface area contributed by atoms with Gasteiger partial charge >= 0.3 is 0 Å². The normalized spacial score (nSPS) is 20.9. The van der Waals surface area contributed by atoms with Gasteiger partial charge < -0.3 is 0 Å². The minimum Gasteiger partial charge on any atom is -0.292 e. The maximum atomic E-state index is 13.3. The summed E-state index contributed by atoms with van der Waals surface area (Å²) in [5.74, 6) is -1.03. The van der Waals surface area contributed by atoms with Crippen LogP contribution in [0.25, 0.3) is 0 Å². The first-order valence-electron chi connectivity index (χ1n) is 10.2. The number of likely N-dealkylation sites (tertiary alicyclic amines) is 1. The molecule has 2 saturated heterocycles. The van der Waals surface area contributed by atoms with Crippen molar-refractivity contribution >= 4 is 29.1 Å². The molecule has 0 radical (unpaired) electrons. The van der Waals surface area contributed by atoms with Crippen LogP contribution in [0.5, 0.6) is 0 Å². The maximum absolute atomic E-state index is 13.3. The number of carbonyl (C=O) groups excluding carboxylic acids is 2. The van der Waals surface area contributed by atoms with Crippen LogP contribution in [0.2, 0.25) is 5.02 Å². The van der Waals surface area contributed by atoms with Crippen molar-refractivity contribution in [3.63, 3.8) is 0 Å². The second-order valence-electron chi connectivity index (χ2n) is 8.06. The molecular weight excluding hydrogens is 410 g/mol. The number of piperidine rings is 1. The molecule has 2 aliphatic rings. The van der Waals surface area contributed by atoms with Crippen molar-refractivity contribution in [1.29, 1.82) is 0 Å². The quantitative estimate of drug-likeness (QED) is 0.648. The summed E-state index contributed by atoms with van der Waals surface area (Å²) in [5, 5.41) is 0.553. The highest BCUT2D eigenvalue weighted by atomic mass is 35.5. The van der Waals surface area contributed by atoms with Crippen molar-refractivity contribution in [3.05, 3.63) is 64.7 Å². The summed E-state index contributed by atoms with van der Waals surface area (Å²) in [7, 11) is 0. The van der Waals surface area contributed by atoms with Crippen LogP contribution in [-0.2, 0) is 16.0 Å². The number of aryl methyl sites for hydroxylation is 1. The van der Waals surface area contributed by atoms with Crippen LogP contribution in [0.15, 0.2) is 42.5 Å². The van der Waals surface area contributed by atoms with Gasteiger partial charge in [0.2, 0.25) is 5.91 Å². The van der Waals surface area contributed by atoms with Gasteiger partial charge in [-0.15, -0.1) is 0 Å². The summed E-state index contributed by atoms with van der Waals surface area (Å²) < 4.78 is 26.7. The summed E-state index contributed by atoms with van der Waals surface area (Å²) in [6.07, 6.45) is 3.47. The van der Waals surface area contributed by atoms with E-state index in [9.17, 15) is 18.4 Å². The molecule has 0 aliphatic carbocycles. The molecule has 4 nitrogen and oxygen atoms in total. The molecule has 0 aromatic heterocycles. The molecule has 0 saturated carbocycles. The topological polar surface area (TPSA) is 40.6 Å². The van der Waals surface area contributed by atoms with Crippen molar-refractivity contribution in [1.82, 2.24) is 4.90 Å². The van der Waals surface area contributed by atoms with E-state index in [1.807, 2.05) is 0 Å². The standard InChI is InChI=1S/C23H23ClF2N2O2/c24-17-3-5-20(6-4-17)28-22(29)14-21(23(28)30)27-9-7-15(8-10-27)1-2-16-11-18(25)13-19(26)12-16/h3-6,11-13,15,21H,1-2,7-10,14H2/t21-/m1/s1. The van der Waals surface area contributed by atoms with E-state index in [0.29, 0.717) is 28.6 Å². The highest BCUT2D eigenvalue weighted by Crippen LogP contribution is 2.30. The number of carbonyl (C=O) groups is 2. The smallest absolute Gasteiger partial charge is 0.251 e. The molecule has 2 amide bonds. The molecule has 158 valence electrons. The molecule has 2 aromatic carbocycles. The van der Waals surface area contributed by atoms with E-state index in [1.54, 1.807) is 24.3 Å². The van der Waals surface area contributed by atoms with E-state index in [0.717, 1.165) is 38.4 Å². The van der Waals surface area contributed by atoms with Crippen molar-refractivity contribution in [2.75, 3.05) is 18.0 Å². The van der Waals surface area contributed by atoms with E-state index in [2.05, 4.69) is 4.90 Å². The Morgan fingerprint density at radius 3 is 2.23 bits per heavy atom. The number of halogens is 3. The molecule has 0 unspecified atom stereocenters. The second-order valence-corrected chi connectivity index (χ2v) is 8.50. The molecular formula is C23H23ClF2N2O2. The molecule has 30 heavy (non-hydrogen) atoms. The molecule has 2 aliphatic heterocycles. The van der Waals surface area contributed by atoms with Gasteiger partial charge in [0.1, 0.15) is 11.6 Å². The van der Waals surface area contributed by atoms with Crippen LogP contribution in [0.1, 0.15) is 31.2 Å². The van der Waals surface area contributed by atoms with Gasteiger partial charge in [0.15, 0.2) is 0 Å². The Hall–Kier alpha value is -2.31. The Labute approximate surface area is 179 Å². The number of anilines is 1. The average Bonchev–Trinajstić information content (AvgIpc) is 3.01. The maximum Gasteiger partial charge on any atom is 0.251 e. The number of imide groups is 1. The van der Waals surface area contributed by atoms with Crippen LogP contribution in [0, 0.1) is 17.6 Å². The number of benzene rings is 2. The fourth-order valence-corrected chi connectivity index (χ4v) is 4.57. The van der Waals surface area contributed by atoms with Gasteiger partial charge in [0.25, 0.3) is 5.91 Å². The SMILES string of the molecule is O=C1C[C@@H](N2CCC(CCc3cc(F)cc(F)c3)CC2)C(=O)N1c1ccc(Cl)cc1. The van der Waals surface area contributed by atoms with Gasteiger partial charge in [0, 0.05) is 11.1 Å². The van der Waals surface area contributed by atoms with Crippen molar-refractivity contribution < 1.29 is 18.4 Å². The highest BCUT2D eigenvalue weighted by Gasteiger charge is 2.43. The predicted octanol–water partition coefficient (Wildman–Crippen LogP) is 4.59. The van der Waals surface area contributed by atoms with Crippen molar-refractivity contribution in [3.8, 4) is 0 Å². The molecule has 0 bridgehead atoms. The molecule has 2 aromatic rings. The lowest BCUT2D eigenvalue weighted by Gasteiger charge is -2.34. The monoisotopic (exact) mass is 432 g/mol. The Morgan fingerprint density at radius 2 is 1.60 bits per heavy atom. The number of amides is 2. The summed E-state index contributed by atoms with van der Waals surface area (Å²) in [5.41, 5.74) is 1.22. The Kier molecular flexibility index (Phi) is 6.16. The molecule has 2 heterocycles. The van der Waals surface area contributed by atoms with Gasteiger partial charge in [-0.25, -0.2) is 13.7 Å². The van der Waals surface area contributed by atoms with E-state index >= 15 is 0 Å². The Bertz CT molecular complexity index is 922. The molecule has 2 fully saturated rings. The Balaban J connectivity index is 1.32. The zero-order valence-electron chi connectivity index (χ0n) is 16.5. The van der Waals surface area contributed by atoms with Gasteiger partial charge in [-0.05, 0) is 86.7 Å². The minimum atomic E-state index is -0.547. The fourth-order valence-electron chi connectivity index (χ4n) is 4.44. The number of rotatable bonds is 5. The minimum absolute atomic E-state index is 0.184. The van der Waals surface area contributed by atoms with Crippen LogP contribution in [0.3, 0.4) is 0 Å². The average molecular weight is 433 g/mol. The van der Waals surface area contributed by atoms with Crippen LogP contribution in [-0.4, -0.2) is 35.8 Å². The first kappa shape index (κ1) is 20.9. The lowest BCUT2D eigenvalue weighted by molar-refractivity contribution is -0.123. The van der Waals surface area contributed by atoms with E-state index < -0.39 is 17.7 Å².